The van der Waals surface area contributed by atoms with Crippen molar-refractivity contribution in [3.05, 3.63) is 75.7 Å². The van der Waals surface area contributed by atoms with Crippen LogP contribution in [0.5, 0.6) is 0 Å². The highest BCUT2D eigenvalue weighted by atomic mass is 32.2. The number of hydrogen-bond acceptors (Lipinski definition) is 4. The van der Waals surface area contributed by atoms with Crippen molar-refractivity contribution in [2.24, 2.45) is 10.1 Å². The number of nitrogens with one attached hydrogen (secondary N) is 1. The maximum absolute atomic E-state index is 12.6. The Kier molecular flexibility index (Phi) is 4.62. The standard InChI is InChI=1S/C18H18N4O3S/c1-12-3-7-15(8-4-12)22-18(23)17(13(2)21-22)11-20-14-5-9-16(10-6-14)26(19,24)25/h3-11,21H,1-2H3,(H2,19,24,25). The van der Waals surface area contributed by atoms with E-state index >= 15 is 0 Å². The third-order valence-electron chi connectivity index (χ3n) is 3.92. The lowest BCUT2D eigenvalue weighted by Gasteiger charge is -2.01. The van der Waals surface area contributed by atoms with E-state index in [1.165, 1.54) is 35.2 Å². The minimum absolute atomic E-state index is 0.0102. The lowest BCUT2D eigenvalue weighted by atomic mass is 10.2. The molecule has 3 rings (SSSR count). The van der Waals surface area contributed by atoms with Gasteiger partial charge < -0.3 is 0 Å². The van der Waals surface area contributed by atoms with Gasteiger partial charge in [-0.3, -0.25) is 14.9 Å². The first kappa shape index (κ1) is 17.8. The molecule has 0 amide bonds. The lowest BCUT2D eigenvalue weighted by Crippen LogP contribution is -2.17. The Balaban J connectivity index is 1.92. The second-order valence-electron chi connectivity index (χ2n) is 5.92. The zero-order chi connectivity index (χ0) is 18.9. The van der Waals surface area contributed by atoms with Crippen LogP contribution >= 0.6 is 0 Å². The van der Waals surface area contributed by atoms with E-state index in [0.29, 0.717) is 16.9 Å². The molecule has 7 nitrogen and oxygen atoms in total. The van der Waals surface area contributed by atoms with Gasteiger partial charge in [0.25, 0.3) is 5.56 Å². The number of nitrogens with zero attached hydrogens (tertiary/aromatic N) is 2. The first-order valence-electron chi connectivity index (χ1n) is 7.81. The number of hydrogen-bond donors (Lipinski definition) is 2. The van der Waals surface area contributed by atoms with Gasteiger partial charge in [-0.25, -0.2) is 18.2 Å². The van der Waals surface area contributed by atoms with Gasteiger partial charge in [0, 0.05) is 11.9 Å². The summed E-state index contributed by atoms with van der Waals surface area (Å²) in [5.41, 5.74) is 3.26. The van der Waals surface area contributed by atoms with Gasteiger partial charge >= 0.3 is 0 Å². The van der Waals surface area contributed by atoms with Crippen molar-refractivity contribution < 1.29 is 8.42 Å². The van der Waals surface area contributed by atoms with Crippen LogP contribution in [0.15, 0.2) is 63.2 Å². The van der Waals surface area contributed by atoms with E-state index in [4.69, 9.17) is 5.14 Å². The van der Waals surface area contributed by atoms with Crippen LogP contribution in [0.4, 0.5) is 5.69 Å². The molecule has 0 radical (unpaired) electrons. The number of sulfonamides is 1. The maximum atomic E-state index is 12.6. The zero-order valence-electron chi connectivity index (χ0n) is 14.3. The number of aliphatic imine (C=N–C) groups is 1. The second kappa shape index (κ2) is 6.74. The largest absolute Gasteiger partial charge is 0.295 e. The van der Waals surface area contributed by atoms with Crippen LogP contribution in [0.1, 0.15) is 16.8 Å². The minimum Gasteiger partial charge on any atom is -0.295 e. The molecule has 3 N–H and O–H groups in total. The fourth-order valence-electron chi connectivity index (χ4n) is 2.45. The number of aryl methyl sites for hydroxylation is 2. The summed E-state index contributed by atoms with van der Waals surface area (Å²) >= 11 is 0. The summed E-state index contributed by atoms with van der Waals surface area (Å²) in [6.07, 6.45) is 1.46. The molecule has 26 heavy (non-hydrogen) atoms. The van der Waals surface area contributed by atoms with Crippen LogP contribution in [0.25, 0.3) is 5.69 Å². The molecule has 2 aromatic carbocycles. The van der Waals surface area contributed by atoms with E-state index in [2.05, 4.69) is 10.1 Å². The number of nitrogens with two attached hydrogens (primary N) is 1. The Morgan fingerprint density at radius 1 is 1.04 bits per heavy atom. The van der Waals surface area contributed by atoms with Crippen LogP contribution in [-0.2, 0) is 10.0 Å². The molecular weight excluding hydrogens is 352 g/mol. The van der Waals surface area contributed by atoms with Crippen molar-refractivity contribution in [3.63, 3.8) is 0 Å². The Labute approximate surface area is 150 Å². The summed E-state index contributed by atoms with van der Waals surface area (Å²) in [5.74, 6) is 0. The second-order valence-corrected chi connectivity index (χ2v) is 7.49. The molecule has 0 aliphatic carbocycles. The van der Waals surface area contributed by atoms with Gasteiger partial charge in [0.2, 0.25) is 10.0 Å². The van der Waals surface area contributed by atoms with Crippen molar-refractivity contribution in [2.75, 3.05) is 0 Å². The molecule has 0 spiro atoms. The number of aromatic nitrogens is 2. The Hall–Kier alpha value is -2.97. The van der Waals surface area contributed by atoms with Crippen molar-refractivity contribution in [1.29, 1.82) is 0 Å². The van der Waals surface area contributed by atoms with Gasteiger partial charge in [-0.2, -0.15) is 0 Å². The monoisotopic (exact) mass is 370 g/mol. The fourth-order valence-corrected chi connectivity index (χ4v) is 2.96. The highest BCUT2D eigenvalue weighted by Crippen LogP contribution is 2.16. The molecule has 0 atom stereocenters. The average Bonchev–Trinajstić information content (AvgIpc) is 2.88. The Morgan fingerprint density at radius 3 is 2.23 bits per heavy atom. The quantitative estimate of drug-likeness (QED) is 0.687. The first-order chi connectivity index (χ1) is 12.3. The SMILES string of the molecule is Cc1ccc(-n2[nH]c(C)c(C=Nc3ccc(S(N)(=O)=O)cc3)c2=O)cc1. The highest BCUT2D eigenvalue weighted by Gasteiger charge is 2.11. The summed E-state index contributed by atoms with van der Waals surface area (Å²) in [5, 5.41) is 8.10. The predicted octanol–water partition coefficient (Wildman–Crippen LogP) is 2.18. The highest BCUT2D eigenvalue weighted by molar-refractivity contribution is 7.89. The fraction of sp³-hybridized carbons (Fsp3) is 0.111. The maximum Gasteiger partial charge on any atom is 0.280 e. The summed E-state index contributed by atoms with van der Waals surface area (Å²) < 4.78 is 24.0. The minimum atomic E-state index is -3.74. The number of H-pyrrole nitrogens is 1. The van der Waals surface area contributed by atoms with Crippen LogP contribution in [0.3, 0.4) is 0 Å². The molecule has 0 unspecified atom stereocenters. The zero-order valence-corrected chi connectivity index (χ0v) is 15.1. The van der Waals surface area contributed by atoms with E-state index in [1.54, 1.807) is 6.92 Å². The number of rotatable bonds is 4. The van der Waals surface area contributed by atoms with Gasteiger partial charge in [-0.05, 0) is 50.2 Å². The molecule has 134 valence electrons. The van der Waals surface area contributed by atoms with Crippen LogP contribution in [-0.4, -0.2) is 24.4 Å². The van der Waals surface area contributed by atoms with E-state index < -0.39 is 10.0 Å². The van der Waals surface area contributed by atoms with E-state index in [9.17, 15) is 13.2 Å². The van der Waals surface area contributed by atoms with Gasteiger partial charge in [-0.1, -0.05) is 17.7 Å². The first-order valence-corrected chi connectivity index (χ1v) is 9.36. The summed E-state index contributed by atoms with van der Waals surface area (Å²) in [6.45, 7) is 3.77. The smallest absolute Gasteiger partial charge is 0.280 e. The summed E-state index contributed by atoms with van der Waals surface area (Å²) in [7, 11) is -3.74. The molecule has 1 heterocycles. The summed E-state index contributed by atoms with van der Waals surface area (Å²) in [6, 6.07) is 13.4. The van der Waals surface area contributed by atoms with Crippen molar-refractivity contribution in [2.45, 2.75) is 18.7 Å². The normalized spacial score (nSPS) is 12.0. The summed E-state index contributed by atoms with van der Waals surface area (Å²) in [4.78, 5) is 16.9. The molecule has 0 bridgehead atoms. The van der Waals surface area contributed by atoms with E-state index in [-0.39, 0.29) is 10.5 Å². The average molecular weight is 370 g/mol. The molecule has 0 fully saturated rings. The van der Waals surface area contributed by atoms with Crippen molar-refractivity contribution in [3.8, 4) is 5.69 Å². The van der Waals surface area contributed by atoms with Crippen molar-refractivity contribution in [1.82, 2.24) is 9.78 Å². The van der Waals surface area contributed by atoms with Crippen LogP contribution in [0.2, 0.25) is 0 Å². The number of aromatic amines is 1. The van der Waals surface area contributed by atoms with Gasteiger partial charge in [-0.15, -0.1) is 0 Å². The lowest BCUT2D eigenvalue weighted by molar-refractivity contribution is 0.598. The molecule has 0 saturated heterocycles. The van der Waals surface area contributed by atoms with E-state index in [1.807, 2.05) is 31.2 Å². The van der Waals surface area contributed by atoms with E-state index in [0.717, 1.165) is 11.3 Å². The van der Waals surface area contributed by atoms with Gasteiger partial charge in [0.15, 0.2) is 0 Å². The van der Waals surface area contributed by atoms with Crippen LogP contribution in [0, 0.1) is 13.8 Å². The van der Waals surface area contributed by atoms with Gasteiger partial charge in [0.1, 0.15) is 0 Å². The molecule has 0 aliphatic rings. The predicted molar refractivity (Wildman–Crippen MR) is 101 cm³/mol. The third kappa shape index (κ3) is 3.66. The number of primary sulfonamides is 1. The Morgan fingerprint density at radius 2 is 1.65 bits per heavy atom. The topological polar surface area (TPSA) is 110 Å². The molecule has 0 saturated carbocycles. The number of benzene rings is 2. The molecule has 8 heteroatoms. The van der Waals surface area contributed by atoms with Crippen LogP contribution < -0.4 is 10.7 Å². The molecule has 0 aliphatic heterocycles. The molecular formula is C18H18N4O3S. The third-order valence-corrected chi connectivity index (χ3v) is 4.85. The Bertz CT molecular complexity index is 1120. The molecule has 1 aromatic heterocycles. The molecule has 3 aromatic rings. The van der Waals surface area contributed by atoms with Crippen molar-refractivity contribution >= 4 is 21.9 Å². The van der Waals surface area contributed by atoms with Gasteiger partial charge in [0.05, 0.1) is 21.8 Å².